The van der Waals surface area contributed by atoms with Crippen LogP contribution in [0.25, 0.3) is 11.0 Å². The molecule has 2 saturated heterocycles. The number of hydrogen-bond donors (Lipinski definition) is 1. The van der Waals surface area contributed by atoms with E-state index < -0.39 is 0 Å². The predicted molar refractivity (Wildman–Crippen MR) is 120 cm³/mol. The van der Waals surface area contributed by atoms with Crippen molar-refractivity contribution in [1.82, 2.24) is 19.8 Å². The molecule has 2 atom stereocenters. The topological polar surface area (TPSA) is 53.4 Å². The number of amides is 1. The average molecular weight is 404 g/mol. The number of carbonyl (C=O) groups is 1. The Hall–Kier alpha value is -2.86. The van der Waals surface area contributed by atoms with Crippen LogP contribution in [-0.4, -0.2) is 59.2 Å². The van der Waals surface area contributed by atoms with Gasteiger partial charge in [-0.15, -0.1) is 0 Å². The average Bonchev–Trinajstić information content (AvgIpc) is 3.27. The molecule has 30 heavy (non-hydrogen) atoms. The summed E-state index contributed by atoms with van der Waals surface area (Å²) in [5.41, 5.74) is 4.24. The molecule has 2 aliphatic rings. The summed E-state index contributed by atoms with van der Waals surface area (Å²) in [6, 6.07) is 17.7. The van der Waals surface area contributed by atoms with Crippen molar-refractivity contribution in [2.75, 3.05) is 31.6 Å². The summed E-state index contributed by atoms with van der Waals surface area (Å²) < 4.78 is 1.64. The van der Waals surface area contributed by atoms with Gasteiger partial charge in [-0.05, 0) is 50.4 Å². The number of aryl methyl sites for hydroxylation is 1. The van der Waals surface area contributed by atoms with Crippen LogP contribution in [0.4, 0.5) is 10.5 Å². The quantitative estimate of drug-likeness (QED) is 0.663. The zero-order valence-electron chi connectivity index (χ0n) is 17.5. The van der Waals surface area contributed by atoms with E-state index in [0.29, 0.717) is 18.6 Å². The first-order valence-electron chi connectivity index (χ1n) is 11.0. The predicted octanol–water partition coefficient (Wildman–Crippen LogP) is 3.51. The third-order valence-corrected chi connectivity index (χ3v) is 6.72. The lowest BCUT2D eigenvalue weighted by Gasteiger charge is -2.40. The minimum absolute atomic E-state index is 0.110. The summed E-state index contributed by atoms with van der Waals surface area (Å²) in [5, 5.41) is 3.04. The van der Waals surface area contributed by atoms with Gasteiger partial charge in [-0.1, -0.05) is 36.4 Å². The van der Waals surface area contributed by atoms with Gasteiger partial charge >= 0.3 is 6.03 Å². The van der Waals surface area contributed by atoms with Crippen molar-refractivity contribution in [2.24, 2.45) is 0 Å². The van der Waals surface area contributed by atoms with Crippen molar-refractivity contribution in [1.29, 1.82) is 0 Å². The fraction of sp³-hybridized carbons (Fsp3) is 0.417. The summed E-state index contributed by atoms with van der Waals surface area (Å²) in [6.45, 7) is 2.71. The molecule has 6 heteroatoms. The Balaban J connectivity index is 1.27. The Labute approximate surface area is 177 Å². The molecule has 3 heterocycles. The highest BCUT2D eigenvalue weighted by molar-refractivity contribution is 5.95. The summed E-state index contributed by atoms with van der Waals surface area (Å²) in [7, 11) is 2.25. The number of imidazole rings is 1. The maximum absolute atomic E-state index is 12.8. The van der Waals surface area contributed by atoms with Crippen molar-refractivity contribution in [2.45, 2.75) is 37.8 Å². The Morgan fingerprint density at radius 1 is 1.07 bits per heavy atom. The lowest BCUT2D eigenvalue weighted by molar-refractivity contribution is 0.212. The zero-order valence-corrected chi connectivity index (χ0v) is 17.5. The van der Waals surface area contributed by atoms with Crippen LogP contribution in [0, 0.1) is 0 Å². The number of likely N-dealkylation sites (N-methyl/N-ethyl adjacent to an activating group) is 1. The van der Waals surface area contributed by atoms with E-state index in [2.05, 4.69) is 57.5 Å². The number of nitrogens with one attached hydrogen (secondary N) is 1. The molecule has 6 nitrogen and oxygen atoms in total. The molecule has 0 aliphatic carbocycles. The van der Waals surface area contributed by atoms with Crippen LogP contribution in [0.15, 0.2) is 54.9 Å². The van der Waals surface area contributed by atoms with Gasteiger partial charge in [-0.2, -0.15) is 0 Å². The lowest BCUT2D eigenvalue weighted by atomic mass is 10.1. The second kappa shape index (κ2) is 8.11. The molecule has 0 spiro atoms. The Bertz CT molecular complexity index is 1020. The molecule has 2 bridgehead atoms. The number of anilines is 1. The number of fused-ring (bicyclic) bond motifs is 3. The number of benzene rings is 2. The van der Waals surface area contributed by atoms with Gasteiger partial charge in [0.25, 0.3) is 0 Å². The molecular weight excluding hydrogens is 374 g/mol. The van der Waals surface area contributed by atoms with Gasteiger partial charge in [0.05, 0.1) is 11.2 Å². The summed E-state index contributed by atoms with van der Waals surface area (Å²) in [4.78, 5) is 22.4. The van der Waals surface area contributed by atoms with E-state index >= 15 is 0 Å². The van der Waals surface area contributed by atoms with Crippen LogP contribution in [-0.2, 0) is 6.42 Å². The monoisotopic (exact) mass is 403 g/mol. The minimum Gasteiger partial charge on any atom is -0.367 e. The van der Waals surface area contributed by atoms with E-state index in [9.17, 15) is 4.79 Å². The SMILES string of the molecule is CN1[C@@H]2CC[C@H]1CN(c1cccc3c1ncn3C(=O)NCCCc1ccccc1)C2. The summed E-state index contributed by atoms with van der Waals surface area (Å²) >= 11 is 0. The van der Waals surface area contributed by atoms with Crippen LogP contribution < -0.4 is 10.2 Å². The number of nitrogens with zero attached hydrogens (tertiary/aromatic N) is 4. The molecule has 3 aromatic rings. The molecule has 2 aromatic carbocycles. The number of rotatable bonds is 5. The maximum Gasteiger partial charge on any atom is 0.327 e. The van der Waals surface area contributed by atoms with Crippen LogP contribution in [0.2, 0.25) is 0 Å². The molecule has 1 amide bonds. The first-order valence-corrected chi connectivity index (χ1v) is 11.0. The number of hydrogen-bond acceptors (Lipinski definition) is 4. The highest BCUT2D eigenvalue weighted by Crippen LogP contribution is 2.34. The fourth-order valence-electron chi connectivity index (χ4n) is 4.97. The molecule has 1 N–H and O–H groups in total. The highest BCUT2D eigenvalue weighted by Gasteiger charge is 2.38. The largest absolute Gasteiger partial charge is 0.367 e. The van der Waals surface area contributed by atoms with Crippen molar-refractivity contribution >= 4 is 22.8 Å². The molecule has 2 fully saturated rings. The minimum atomic E-state index is -0.110. The van der Waals surface area contributed by atoms with E-state index in [1.165, 1.54) is 18.4 Å². The molecule has 0 unspecified atom stereocenters. The second-order valence-corrected chi connectivity index (χ2v) is 8.54. The Kier molecular flexibility index (Phi) is 5.17. The van der Waals surface area contributed by atoms with Crippen molar-refractivity contribution in [3.63, 3.8) is 0 Å². The third kappa shape index (κ3) is 3.56. The molecular formula is C24H29N5O. The standard InChI is InChI=1S/C24H29N5O/c1-27-19-12-13-20(27)16-28(15-19)21-10-5-11-22-23(21)26-17-29(22)24(30)25-14-6-9-18-7-3-2-4-8-18/h2-5,7-8,10-11,17,19-20H,6,9,12-16H2,1H3,(H,25,30)/t19-,20+. The molecule has 1 aromatic heterocycles. The highest BCUT2D eigenvalue weighted by atomic mass is 16.2. The molecule has 5 rings (SSSR count). The number of para-hydroxylation sites is 1. The van der Waals surface area contributed by atoms with E-state index in [4.69, 9.17) is 0 Å². The number of piperazine rings is 1. The van der Waals surface area contributed by atoms with Crippen molar-refractivity contribution < 1.29 is 4.79 Å². The molecule has 156 valence electrons. The number of carbonyl (C=O) groups excluding carboxylic acids is 1. The van der Waals surface area contributed by atoms with E-state index in [1.54, 1.807) is 10.9 Å². The summed E-state index contributed by atoms with van der Waals surface area (Å²) in [5.74, 6) is 0. The fourth-order valence-corrected chi connectivity index (χ4v) is 4.97. The second-order valence-electron chi connectivity index (χ2n) is 8.54. The van der Waals surface area contributed by atoms with Gasteiger partial charge in [-0.3, -0.25) is 9.47 Å². The first-order chi connectivity index (χ1) is 14.7. The number of aromatic nitrogens is 2. The van der Waals surface area contributed by atoms with Gasteiger partial charge in [-0.25, -0.2) is 9.78 Å². The van der Waals surface area contributed by atoms with Gasteiger partial charge in [0, 0.05) is 31.7 Å². The van der Waals surface area contributed by atoms with Gasteiger partial charge in [0.15, 0.2) is 0 Å². The zero-order chi connectivity index (χ0) is 20.5. The normalized spacial score (nSPS) is 21.3. The van der Waals surface area contributed by atoms with Crippen LogP contribution in [0.3, 0.4) is 0 Å². The van der Waals surface area contributed by atoms with Crippen LogP contribution >= 0.6 is 0 Å². The first kappa shape index (κ1) is 19.1. The third-order valence-electron chi connectivity index (χ3n) is 6.72. The van der Waals surface area contributed by atoms with Gasteiger partial charge in [0.2, 0.25) is 0 Å². The van der Waals surface area contributed by atoms with Crippen LogP contribution in [0.5, 0.6) is 0 Å². The summed E-state index contributed by atoms with van der Waals surface area (Å²) in [6.07, 6.45) is 6.08. The van der Waals surface area contributed by atoms with Crippen molar-refractivity contribution in [3.05, 3.63) is 60.4 Å². The van der Waals surface area contributed by atoms with Gasteiger partial charge in [0.1, 0.15) is 11.8 Å². The Morgan fingerprint density at radius 3 is 2.60 bits per heavy atom. The van der Waals surface area contributed by atoms with Gasteiger partial charge < -0.3 is 10.2 Å². The van der Waals surface area contributed by atoms with E-state index in [0.717, 1.165) is 42.7 Å². The smallest absolute Gasteiger partial charge is 0.327 e. The Morgan fingerprint density at radius 2 is 1.83 bits per heavy atom. The molecule has 0 radical (unpaired) electrons. The lowest BCUT2D eigenvalue weighted by Crippen LogP contribution is -2.52. The van der Waals surface area contributed by atoms with E-state index in [1.807, 2.05) is 18.2 Å². The molecule has 2 aliphatic heterocycles. The maximum atomic E-state index is 12.8. The van der Waals surface area contributed by atoms with E-state index in [-0.39, 0.29) is 6.03 Å². The molecule has 0 saturated carbocycles. The van der Waals surface area contributed by atoms with Crippen LogP contribution in [0.1, 0.15) is 24.8 Å². The van der Waals surface area contributed by atoms with Crippen molar-refractivity contribution in [3.8, 4) is 0 Å².